The lowest BCUT2D eigenvalue weighted by atomic mass is 10.1. The van der Waals surface area contributed by atoms with E-state index in [9.17, 15) is 52.7 Å². The first-order valence-electron chi connectivity index (χ1n) is 37.5. The molecule has 630 valence electrons. The zero-order valence-corrected chi connectivity index (χ0v) is 73.9. The Labute approximate surface area is 718 Å². The standard InChI is InChI=1S/C9H12.2C8H9F.C8H10.2C7H6ClF.2C7H7Cl.3C7H6F2.2C7H7F.C7H8/c1-7-4-5-8(2)9(3)6-7;1-6-3-4-7(2)8(9)5-6;1-6-4-3-5-8(9)7(6)2;1-7-3-5-8(2)6-4-7;1-5-4-6(9)2-3-7(5)8;1-5-2-3-6(8)4-7(5)9;1-6-2-4-7(8)5-3-6;1-6-4-2-3-5-7(6)8;1-5-4-6(8)2-3-7(5)9;1-5-2-3-6(8)4-7(5)9;1-5-6(8)3-2-4-7(5)9;1-6-2-4-7(8)5-3-6;1-6-4-2-3-5-7(6)8;1-7-5-3-2-4-6-7/h4-6H,1-3H3;2*3-5H,1-2H3;3-6H,1-2H3;2*2-4H,1H3;2*2-5H,1H3;3*2-4H,1H3;2*2-5H,1H3;2-6H,1H3. The van der Waals surface area contributed by atoms with E-state index >= 15 is 0 Å². The summed E-state index contributed by atoms with van der Waals surface area (Å²) in [5.41, 5.74) is 18.0. The summed E-state index contributed by atoms with van der Waals surface area (Å²) in [6.45, 7) is 35.7. The highest BCUT2D eigenvalue weighted by molar-refractivity contribution is 6.32. The van der Waals surface area contributed by atoms with E-state index in [4.69, 9.17) is 46.4 Å². The lowest BCUT2D eigenvalue weighted by Crippen LogP contribution is -1.85. The zero-order chi connectivity index (χ0) is 89.9. The SMILES string of the molecule is Cc1c(F)cccc1F.Cc1cc(F)ccc1Cl.Cc1cc(F)ccc1F.Cc1ccc(C)c(C)c1.Cc1ccc(C)c(F)c1.Cc1ccc(C)cc1.Cc1ccc(Cl)cc1.Cc1ccc(Cl)cc1F.Cc1ccc(F)cc1.Cc1ccc(F)cc1F.Cc1cccc(F)c1C.Cc1ccccc1.Cc1ccccc1Cl.Cc1ccccc1F. The van der Waals surface area contributed by atoms with Crippen LogP contribution in [0.2, 0.25) is 20.1 Å². The predicted octanol–water partition coefficient (Wildman–Crippen LogP) is 33.8. The molecule has 0 aliphatic heterocycles. The molecule has 14 aromatic rings. The summed E-state index contributed by atoms with van der Waals surface area (Å²) in [4.78, 5) is 0. The van der Waals surface area contributed by atoms with E-state index in [1.165, 1.54) is 132 Å². The maximum atomic E-state index is 12.6. The molecule has 16 heteroatoms. The van der Waals surface area contributed by atoms with Crippen LogP contribution < -0.4 is 0 Å². The van der Waals surface area contributed by atoms with Crippen molar-refractivity contribution in [3.63, 3.8) is 0 Å². The van der Waals surface area contributed by atoms with Crippen LogP contribution in [0.5, 0.6) is 0 Å². The molecule has 0 nitrogen and oxygen atoms in total. The first-order valence-corrected chi connectivity index (χ1v) is 39.0. The molecule has 0 unspecified atom stereocenters. The smallest absolute Gasteiger partial charge is 0.129 e. The van der Waals surface area contributed by atoms with Crippen LogP contribution in [0.4, 0.5) is 52.7 Å². The number of aryl methyl sites for hydroxylation is 17. The van der Waals surface area contributed by atoms with Gasteiger partial charge in [-0.2, -0.15) is 0 Å². The van der Waals surface area contributed by atoms with Gasteiger partial charge in [0.25, 0.3) is 0 Å². The van der Waals surface area contributed by atoms with E-state index in [-0.39, 0.29) is 46.3 Å². The fourth-order valence-electron chi connectivity index (χ4n) is 8.58. The average Bonchev–Trinajstić information content (AvgIpc) is 0.922. The third-order valence-corrected chi connectivity index (χ3v) is 17.9. The van der Waals surface area contributed by atoms with Crippen molar-refractivity contribution in [2.75, 3.05) is 0 Å². The lowest BCUT2D eigenvalue weighted by Gasteiger charge is -1.98. The van der Waals surface area contributed by atoms with Crippen LogP contribution in [0.1, 0.15) is 106 Å². The van der Waals surface area contributed by atoms with Gasteiger partial charge < -0.3 is 0 Å². The van der Waals surface area contributed by atoms with Crippen LogP contribution in [0, 0.1) is 201 Å². The maximum Gasteiger partial charge on any atom is 0.129 e. The van der Waals surface area contributed by atoms with E-state index in [0.29, 0.717) is 37.9 Å². The van der Waals surface area contributed by atoms with Crippen molar-refractivity contribution >= 4 is 46.4 Å². The third kappa shape index (κ3) is 49.4. The van der Waals surface area contributed by atoms with Gasteiger partial charge in [0.1, 0.15) is 69.8 Å². The Morgan fingerprint density at radius 1 is 0.151 bits per heavy atom. The van der Waals surface area contributed by atoms with Crippen LogP contribution in [0.15, 0.2) is 297 Å². The van der Waals surface area contributed by atoms with Crippen molar-refractivity contribution in [1.82, 2.24) is 0 Å². The minimum Gasteiger partial charge on any atom is -0.207 e. The highest BCUT2D eigenvalue weighted by Gasteiger charge is 2.03. The monoisotopic (exact) mass is 1710 g/mol. The molecule has 0 saturated heterocycles. The zero-order valence-electron chi connectivity index (χ0n) is 70.8. The maximum absolute atomic E-state index is 12.6. The molecule has 14 aromatic carbocycles. The molecular weight excluding hydrogens is 1610 g/mol. The van der Waals surface area contributed by atoms with Crippen molar-refractivity contribution in [1.29, 1.82) is 0 Å². The molecule has 0 aromatic heterocycles. The average molecular weight is 1710 g/mol. The summed E-state index contributed by atoms with van der Waals surface area (Å²) in [7, 11) is 0. The molecule has 0 heterocycles. The Kier molecular flexibility index (Phi) is 52.9. The normalized spacial score (nSPS) is 9.47. The van der Waals surface area contributed by atoms with Crippen LogP contribution in [0.25, 0.3) is 0 Å². The van der Waals surface area contributed by atoms with Gasteiger partial charge in [-0.05, 0) is 314 Å². The Bertz CT molecular complexity index is 4480. The van der Waals surface area contributed by atoms with Crippen molar-refractivity contribution in [2.45, 2.75) is 132 Å². The molecular formula is C103H106Cl4F12. The summed E-state index contributed by atoms with van der Waals surface area (Å²) in [6.07, 6.45) is 0. The van der Waals surface area contributed by atoms with Crippen molar-refractivity contribution in [3.05, 3.63) is 493 Å². The second-order valence-electron chi connectivity index (χ2n) is 27.3. The van der Waals surface area contributed by atoms with Gasteiger partial charge in [-0.3, -0.25) is 0 Å². The molecule has 0 aliphatic carbocycles. The van der Waals surface area contributed by atoms with Gasteiger partial charge in [0.15, 0.2) is 0 Å². The molecule has 14 rings (SSSR count). The van der Waals surface area contributed by atoms with Gasteiger partial charge in [0.05, 0.1) is 0 Å². The Hall–Kier alpha value is -10.6. The first kappa shape index (κ1) is 106. The second kappa shape index (κ2) is 59.1. The van der Waals surface area contributed by atoms with E-state index in [2.05, 4.69) is 96.1 Å². The summed E-state index contributed by atoms with van der Waals surface area (Å²) in [6, 6.07) is 83.8. The van der Waals surface area contributed by atoms with E-state index in [1.54, 1.807) is 96.1 Å². The number of hydrogen-bond acceptors (Lipinski definition) is 0. The van der Waals surface area contributed by atoms with Crippen LogP contribution in [-0.4, -0.2) is 0 Å². The topological polar surface area (TPSA) is 0 Å². The van der Waals surface area contributed by atoms with Crippen molar-refractivity contribution in [3.8, 4) is 0 Å². The molecule has 0 fully saturated rings. The molecule has 0 bridgehead atoms. The van der Waals surface area contributed by atoms with Gasteiger partial charge in [0.2, 0.25) is 0 Å². The molecule has 0 amide bonds. The van der Waals surface area contributed by atoms with Crippen molar-refractivity contribution in [2.24, 2.45) is 0 Å². The highest BCUT2D eigenvalue weighted by atomic mass is 35.5. The van der Waals surface area contributed by atoms with Crippen molar-refractivity contribution < 1.29 is 52.7 Å². The van der Waals surface area contributed by atoms with Crippen LogP contribution >= 0.6 is 46.4 Å². The Morgan fingerprint density at radius 3 is 0.790 bits per heavy atom. The molecule has 119 heavy (non-hydrogen) atoms. The summed E-state index contributed by atoms with van der Waals surface area (Å²) in [5, 5.41) is 2.69. The number of benzene rings is 14. The van der Waals surface area contributed by atoms with Gasteiger partial charge in [-0.1, -0.05) is 256 Å². The number of halogens is 16. The lowest BCUT2D eigenvalue weighted by molar-refractivity contribution is 0.568. The highest BCUT2D eigenvalue weighted by Crippen LogP contribution is 2.18. The second-order valence-corrected chi connectivity index (χ2v) is 29.0. The number of hydrogen-bond donors (Lipinski definition) is 0. The molecule has 0 radical (unpaired) electrons. The van der Waals surface area contributed by atoms with Gasteiger partial charge in [-0.15, -0.1) is 0 Å². The van der Waals surface area contributed by atoms with Gasteiger partial charge >= 0.3 is 0 Å². The minimum absolute atomic E-state index is 0.0810. The molecule has 0 atom stereocenters. The van der Waals surface area contributed by atoms with E-state index < -0.39 is 29.1 Å². The van der Waals surface area contributed by atoms with Crippen LogP contribution in [-0.2, 0) is 0 Å². The van der Waals surface area contributed by atoms with E-state index in [1.807, 2.05) is 120 Å². The summed E-state index contributed by atoms with van der Waals surface area (Å²) >= 11 is 22.4. The Balaban J connectivity index is 0.000000641. The van der Waals surface area contributed by atoms with Gasteiger partial charge in [-0.25, -0.2) is 52.7 Å². The summed E-state index contributed by atoms with van der Waals surface area (Å²) in [5.74, 6) is -3.78. The van der Waals surface area contributed by atoms with E-state index in [0.717, 1.165) is 67.7 Å². The fraction of sp³-hybridized carbons (Fsp3) is 0.184. The molecule has 0 aliphatic rings. The van der Waals surface area contributed by atoms with Gasteiger partial charge in [0, 0.05) is 31.7 Å². The van der Waals surface area contributed by atoms with Crippen LogP contribution in [0.3, 0.4) is 0 Å². The third-order valence-electron chi connectivity index (χ3n) is 16.6. The molecule has 0 saturated carbocycles. The largest absolute Gasteiger partial charge is 0.207 e. The quantitative estimate of drug-likeness (QED) is 0.133. The predicted molar refractivity (Wildman–Crippen MR) is 480 cm³/mol. The Morgan fingerprint density at radius 2 is 0.462 bits per heavy atom. The first-order chi connectivity index (χ1) is 56.0. The summed E-state index contributed by atoms with van der Waals surface area (Å²) < 4.78 is 148. The molecule has 0 spiro atoms. The minimum atomic E-state index is -0.530. The fourth-order valence-corrected chi connectivity index (χ4v) is 9.11. The number of rotatable bonds is 0. The molecule has 0 N–H and O–H groups in total.